The number of esters is 1. The molecule has 0 saturated carbocycles. The van der Waals surface area contributed by atoms with Gasteiger partial charge in [0.2, 0.25) is 11.8 Å². The third-order valence-corrected chi connectivity index (χ3v) is 6.09. The van der Waals surface area contributed by atoms with Crippen LogP contribution in [0.25, 0.3) is 0 Å². The van der Waals surface area contributed by atoms with Gasteiger partial charge < -0.3 is 34.5 Å². The van der Waals surface area contributed by atoms with Gasteiger partial charge in [-0.05, 0) is 12.1 Å². The van der Waals surface area contributed by atoms with Crippen molar-refractivity contribution in [1.29, 1.82) is 0 Å². The Hall–Kier alpha value is -3.74. The van der Waals surface area contributed by atoms with E-state index < -0.39 is 61.2 Å². The summed E-state index contributed by atoms with van der Waals surface area (Å²) in [6, 6.07) is 2.43. The average Bonchev–Trinajstić information content (AvgIpc) is 2.86. The van der Waals surface area contributed by atoms with Crippen LogP contribution in [0, 0.1) is 0 Å². The Morgan fingerprint density at radius 3 is 2.34 bits per heavy atom. The lowest BCUT2D eigenvalue weighted by molar-refractivity contribution is -0.162. The van der Waals surface area contributed by atoms with Gasteiger partial charge in [-0.2, -0.15) is 0 Å². The number of aliphatic carboxylic acids is 1. The minimum absolute atomic E-state index is 0.0772. The number of pyridine rings is 1. The Balaban J connectivity index is 1.59. The zero-order chi connectivity index (χ0) is 25.5. The molecule has 35 heavy (non-hydrogen) atoms. The molecule has 0 aromatic carbocycles. The van der Waals surface area contributed by atoms with Crippen molar-refractivity contribution in [2.75, 3.05) is 57.8 Å². The van der Waals surface area contributed by atoms with Crippen molar-refractivity contribution in [3.05, 3.63) is 24.5 Å². The number of nitrogens with zero attached hydrogens (tertiary/aromatic N) is 5. The van der Waals surface area contributed by atoms with E-state index in [4.69, 9.17) is 5.11 Å². The monoisotopic (exact) mass is 491 g/mol. The molecule has 2 aliphatic rings. The van der Waals surface area contributed by atoms with Crippen LogP contribution >= 0.6 is 0 Å². The molecule has 0 aliphatic carbocycles. The molecular weight excluding hydrogens is 462 g/mol. The molecule has 0 bridgehead atoms. The molecule has 3 amide bonds. The van der Waals surface area contributed by atoms with Gasteiger partial charge in [-0.25, -0.2) is 0 Å². The molecule has 2 N–H and O–H groups in total. The van der Waals surface area contributed by atoms with Crippen molar-refractivity contribution < 1.29 is 38.9 Å². The molecule has 3 rings (SSSR count). The fourth-order valence-electron chi connectivity index (χ4n) is 4.20. The number of carboxylic acid groups (broad SMARTS) is 1. The summed E-state index contributed by atoms with van der Waals surface area (Å²) in [5.74, 6) is -4.00. The molecule has 3 heterocycles. The molecular formula is C22H29N5O8. The van der Waals surface area contributed by atoms with E-state index in [-0.39, 0.29) is 13.1 Å². The van der Waals surface area contributed by atoms with Crippen LogP contribution in [0.2, 0.25) is 0 Å². The molecule has 2 atom stereocenters. The van der Waals surface area contributed by atoms with E-state index in [2.05, 4.69) is 14.6 Å². The van der Waals surface area contributed by atoms with Crippen molar-refractivity contribution >= 4 is 35.3 Å². The topological polar surface area (TPSA) is 161 Å². The number of carboxylic acids is 1. The fourth-order valence-corrected chi connectivity index (χ4v) is 4.20. The molecule has 0 spiro atoms. The summed E-state index contributed by atoms with van der Waals surface area (Å²) in [4.78, 5) is 71.0. The first-order valence-corrected chi connectivity index (χ1v) is 11.2. The summed E-state index contributed by atoms with van der Waals surface area (Å²) in [6.07, 6.45) is 0.708. The Kier molecular flexibility index (Phi) is 8.58. The molecule has 0 radical (unpaired) electrons. The molecule has 190 valence electrons. The summed E-state index contributed by atoms with van der Waals surface area (Å²) in [7, 11) is 1.12. The number of piperazine rings is 2. The number of aromatic nitrogens is 1. The number of aliphatic hydroxyl groups is 1. The normalized spacial score (nSPS) is 19.4. The SMILES string of the molecule is COC(=O)C[C@H]1C(=O)N(CC(=O)O)CCN1C(=O)[C@@H](O)CC(=O)N1CCN(c2ccncc2)CC1. The summed E-state index contributed by atoms with van der Waals surface area (Å²) >= 11 is 0. The van der Waals surface area contributed by atoms with Crippen LogP contribution < -0.4 is 4.90 Å². The first kappa shape index (κ1) is 25.9. The number of anilines is 1. The van der Waals surface area contributed by atoms with Gasteiger partial charge in [0.05, 0.1) is 20.0 Å². The average molecular weight is 492 g/mol. The van der Waals surface area contributed by atoms with E-state index >= 15 is 0 Å². The van der Waals surface area contributed by atoms with Gasteiger partial charge in [0.1, 0.15) is 18.7 Å². The molecule has 1 aromatic heterocycles. The predicted molar refractivity (Wildman–Crippen MR) is 120 cm³/mol. The van der Waals surface area contributed by atoms with Gasteiger partial charge in [0.15, 0.2) is 0 Å². The van der Waals surface area contributed by atoms with Crippen LogP contribution in [0.5, 0.6) is 0 Å². The zero-order valence-electron chi connectivity index (χ0n) is 19.4. The fraction of sp³-hybridized carbons (Fsp3) is 0.545. The van der Waals surface area contributed by atoms with Crippen LogP contribution in [-0.2, 0) is 28.7 Å². The number of hydrogen-bond acceptors (Lipinski definition) is 9. The van der Waals surface area contributed by atoms with E-state index in [9.17, 15) is 29.1 Å². The van der Waals surface area contributed by atoms with Crippen LogP contribution in [0.4, 0.5) is 5.69 Å². The third kappa shape index (κ3) is 6.44. The van der Waals surface area contributed by atoms with Gasteiger partial charge in [-0.3, -0.25) is 29.0 Å². The lowest BCUT2D eigenvalue weighted by Crippen LogP contribution is -2.62. The number of amides is 3. The standard InChI is InChI=1S/C22H29N5O8/c1-35-20(32)12-16-21(33)26(14-19(30)31)10-11-27(16)22(34)17(28)13-18(29)25-8-6-24(7-9-25)15-2-4-23-5-3-15/h2-5,16-17,28H,6-14H2,1H3,(H,30,31)/t16-,17-/m0/s1. The van der Waals surface area contributed by atoms with Crippen molar-refractivity contribution in [3.8, 4) is 0 Å². The highest BCUT2D eigenvalue weighted by Crippen LogP contribution is 2.19. The Bertz CT molecular complexity index is 950. The van der Waals surface area contributed by atoms with Crippen molar-refractivity contribution in [3.63, 3.8) is 0 Å². The second-order valence-corrected chi connectivity index (χ2v) is 8.27. The molecule has 1 aromatic rings. The maximum atomic E-state index is 13.0. The Morgan fingerprint density at radius 1 is 1.09 bits per heavy atom. The van der Waals surface area contributed by atoms with Crippen molar-refractivity contribution in [1.82, 2.24) is 19.7 Å². The smallest absolute Gasteiger partial charge is 0.323 e. The highest BCUT2D eigenvalue weighted by atomic mass is 16.5. The third-order valence-electron chi connectivity index (χ3n) is 6.09. The molecule has 13 nitrogen and oxygen atoms in total. The molecule has 2 aliphatic heterocycles. The lowest BCUT2D eigenvalue weighted by Gasteiger charge is -2.40. The highest BCUT2D eigenvalue weighted by molar-refractivity contribution is 5.95. The number of carbonyl (C=O) groups is 5. The number of rotatable bonds is 8. The summed E-state index contributed by atoms with van der Waals surface area (Å²) < 4.78 is 4.60. The minimum Gasteiger partial charge on any atom is -0.480 e. The maximum Gasteiger partial charge on any atom is 0.323 e. The summed E-state index contributed by atoms with van der Waals surface area (Å²) in [5.41, 5.74) is 0.991. The second-order valence-electron chi connectivity index (χ2n) is 8.27. The zero-order valence-corrected chi connectivity index (χ0v) is 19.4. The summed E-state index contributed by atoms with van der Waals surface area (Å²) in [5, 5.41) is 19.5. The van der Waals surface area contributed by atoms with Gasteiger partial charge >= 0.3 is 11.9 Å². The van der Waals surface area contributed by atoms with E-state index in [1.807, 2.05) is 12.1 Å². The largest absolute Gasteiger partial charge is 0.480 e. The Labute approximate surface area is 201 Å². The van der Waals surface area contributed by atoms with Gasteiger partial charge in [-0.15, -0.1) is 0 Å². The van der Waals surface area contributed by atoms with Gasteiger partial charge in [-0.1, -0.05) is 0 Å². The lowest BCUT2D eigenvalue weighted by atomic mass is 10.0. The number of methoxy groups -OCH3 is 1. The van der Waals surface area contributed by atoms with E-state index in [0.29, 0.717) is 26.2 Å². The van der Waals surface area contributed by atoms with Crippen LogP contribution in [0.1, 0.15) is 12.8 Å². The quantitative estimate of drug-likeness (QED) is 0.396. The van der Waals surface area contributed by atoms with E-state index in [1.165, 1.54) is 0 Å². The van der Waals surface area contributed by atoms with Crippen LogP contribution in [0.15, 0.2) is 24.5 Å². The molecule has 0 unspecified atom stereocenters. The minimum atomic E-state index is -1.71. The first-order chi connectivity index (χ1) is 16.7. The highest BCUT2D eigenvalue weighted by Gasteiger charge is 2.41. The molecule has 2 fully saturated rings. The first-order valence-electron chi connectivity index (χ1n) is 11.2. The van der Waals surface area contributed by atoms with Crippen molar-refractivity contribution in [2.24, 2.45) is 0 Å². The number of carbonyl (C=O) groups excluding carboxylic acids is 4. The molecule has 13 heteroatoms. The van der Waals surface area contributed by atoms with Crippen LogP contribution in [0.3, 0.4) is 0 Å². The van der Waals surface area contributed by atoms with Gasteiger partial charge in [0.25, 0.3) is 5.91 Å². The van der Waals surface area contributed by atoms with Crippen LogP contribution in [-0.4, -0.2) is 125 Å². The summed E-state index contributed by atoms with van der Waals surface area (Å²) in [6.45, 7) is 1.26. The predicted octanol–water partition coefficient (Wildman–Crippen LogP) is -1.83. The van der Waals surface area contributed by atoms with Gasteiger partial charge in [0, 0.05) is 57.3 Å². The van der Waals surface area contributed by atoms with E-state index in [1.54, 1.807) is 17.3 Å². The van der Waals surface area contributed by atoms with Crippen molar-refractivity contribution in [2.45, 2.75) is 25.0 Å². The maximum absolute atomic E-state index is 13.0. The number of aliphatic hydroxyl groups excluding tert-OH is 1. The number of ether oxygens (including phenoxy) is 1. The van der Waals surface area contributed by atoms with E-state index in [0.717, 1.165) is 22.6 Å². The second kappa shape index (κ2) is 11.6. The number of hydrogen-bond donors (Lipinski definition) is 2. The Morgan fingerprint density at radius 2 is 1.74 bits per heavy atom. The molecule has 2 saturated heterocycles.